The summed E-state index contributed by atoms with van der Waals surface area (Å²) in [7, 11) is -1.98. The molecule has 6 heteroatoms. The van der Waals surface area contributed by atoms with E-state index in [4.69, 9.17) is 4.74 Å². The van der Waals surface area contributed by atoms with E-state index in [1.165, 1.54) is 19.2 Å². The number of methoxy groups -OCH3 is 1. The van der Waals surface area contributed by atoms with Crippen molar-refractivity contribution in [3.63, 3.8) is 0 Å². The number of hydrogen-bond donors (Lipinski definition) is 1. The Kier molecular flexibility index (Phi) is 4.80. The summed E-state index contributed by atoms with van der Waals surface area (Å²) < 4.78 is 32.7. The fourth-order valence-electron chi connectivity index (χ4n) is 1.31. The molecular weight excluding hydrogens is 318 g/mol. The molecule has 102 valence electrons. The molecule has 0 spiro atoms. The molecule has 1 rings (SSSR count). The Balaban J connectivity index is 3.10. The lowest BCUT2D eigenvalue weighted by Crippen LogP contribution is -2.42. The van der Waals surface area contributed by atoms with Gasteiger partial charge in [0.05, 0.1) is 16.5 Å². The summed E-state index contributed by atoms with van der Waals surface area (Å²) in [5.41, 5.74) is -0.467. The van der Waals surface area contributed by atoms with Crippen molar-refractivity contribution < 1.29 is 13.2 Å². The molecule has 0 bridgehead atoms. The molecular formula is C12H18BrNO3S. The van der Waals surface area contributed by atoms with Gasteiger partial charge in [0.2, 0.25) is 10.0 Å². The number of benzene rings is 1. The van der Waals surface area contributed by atoms with E-state index >= 15 is 0 Å². The summed E-state index contributed by atoms with van der Waals surface area (Å²) in [6, 6.07) is 4.68. The zero-order valence-corrected chi connectivity index (χ0v) is 13.4. The maximum atomic E-state index is 12.2. The van der Waals surface area contributed by atoms with Crippen LogP contribution in [0.15, 0.2) is 27.6 Å². The third-order valence-electron chi connectivity index (χ3n) is 2.73. The maximum Gasteiger partial charge on any atom is 0.241 e. The molecule has 0 aliphatic heterocycles. The topological polar surface area (TPSA) is 55.4 Å². The highest BCUT2D eigenvalue weighted by atomic mass is 79.9. The van der Waals surface area contributed by atoms with Gasteiger partial charge in [-0.2, -0.15) is 0 Å². The lowest BCUT2D eigenvalue weighted by molar-refractivity contribution is 0.411. The van der Waals surface area contributed by atoms with E-state index in [2.05, 4.69) is 20.7 Å². The highest BCUT2D eigenvalue weighted by Gasteiger charge is 2.25. The number of ether oxygens (including phenoxy) is 1. The predicted molar refractivity (Wildman–Crippen MR) is 75.4 cm³/mol. The third-order valence-corrected chi connectivity index (χ3v) is 5.04. The molecule has 0 aromatic heterocycles. The van der Waals surface area contributed by atoms with Crippen LogP contribution in [0.1, 0.15) is 27.2 Å². The molecule has 0 amide bonds. The minimum atomic E-state index is -3.51. The molecule has 4 nitrogen and oxygen atoms in total. The van der Waals surface area contributed by atoms with Crippen molar-refractivity contribution in [3.8, 4) is 5.75 Å². The molecule has 1 aromatic carbocycles. The monoisotopic (exact) mass is 335 g/mol. The van der Waals surface area contributed by atoms with Gasteiger partial charge in [-0.3, -0.25) is 0 Å². The highest BCUT2D eigenvalue weighted by Crippen LogP contribution is 2.28. The van der Waals surface area contributed by atoms with Crippen molar-refractivity contribution in [2.24, 2.45) is 0 Å². The summed E-state index contributed by atoms with van der Waals surface area (Å²) in [5.74, 6) is 0.601. The van der Waals surface area contributed by atoms with Crippen LogP contribution in [-0.2, 0) is 10.0 Å². The Morgan fingerprint density at radius 2 is 2.00 bits per heavy atom. The van der Waals surface area contributed by atoms with Crippen LogP contribution in [0.2, 0.25) is 0 Å². The molecule has 0 fully saturated rings. The van der Waals surface area contributed by atoms with Gasteiger partial charge in [-0.05, 0) is 54.4 Å². The number of sulfonamides is 1. The normalized spacial score (nSPS) is 12.5. The molecule has 1 aromatic rings. The van der Waals surface area contributed by atoms with E-state index < -0.39 is 15.6 Å². The smallest absolute Gasteiger partial charge is 0.241 e. The van der Waals surface area contributed by atoms with Crippen LogP contribution in [0.3, 0.4) is 0 Å². The van der Waals surface area contributed by atoms with E-state index in [0.29, 0.717) is 16.6 Å². The molecule has 1 N–H and O–H groups in total. The first-order chi connectivity index (χ1) is 8.22. The zero-order valence-electron chi connectivity index (χ0n) is 11.0. The van der Waals surface area contributed by atoms with Gasteiger partial charge in [-0.15, -0.1) is 0 Å². The lowest BCUT2D eigenvalue weighted by Gasteiger charge is -2.24. The molecule has 0 aliphatic carbocycles. The first kappa shape index (κ1) is 15.5. The fourth-order valence-corrected chi connectivity index (χ4v) is 3.51. The average molecular weight is 336 g/mol. The number of rotatable bonds is 5. The second-order valence-corrected chi connectivity index (χ2v) is 7.18. The predicted octanol–water partition coefficient (Wildman–Crippen LogP) is 2.92. The Hall–Kier alpha value is -0.590. The van der Waals surface area contributed by atoms with Gasteiger partial charge in [-0.1, -0.05) is 6.92 Å². The quantitative estimate of drug-likeness (QED) is 0.899. The van der Waals surface area contributed by atoms with E-state index in [1.54, 1.807) is 6.07 Å². The van der Waals surface area contributed by atoms with Gasteiger partial charge in [0.15, 0.2) is 0 Å². The molecule has 0 atom stereocenters. The third kappa shape index (κ3) is 3.70. The minimum Gasteiger partial charge on any atom is -0.496 e. The van der Waals surface area contributed by atoms with E-state index in [-0.39, 0.29) is 4.90 Å². The van der Waals surface area contributed by atoms with Crippen molar-refractivity contribution >= 4 is 26.0 Å². The minimum absolute atomic E-state index is 0.219. The molecule has 18 heavy (non-hydrogen) atoms. The summed E-state index contributed by atoms with van der Waals surface area (Å²) in [6.07, 6.45) is 0.712. The van der Waals surface area contributed by atoms with E-state index in [0.717, 1.165) is 0 Å². The Labute approximate surface area is 117 Å². The van der Waals surface area contributed by atoms with Gasteiger partial charge in [0.1, 0.15) is 5.75 Å². The largest absolute Gasteiger partial charge is 0.496 e. The second kappa shape index (κ2) is 5.59. The highest BCUT2D eigenvalue weighted by molar-refractivity contribution is 9.10. The number of nitrogens with one attached hydrogen (secondary N) is 1. The Morgan fingerprint density at radius 3 is 2.44 bits per heavy atom. The first-order valence-corrected chi connectivity index (χ1v) is 7.87. The number of halogens is 1. The molecule has 0 aliphatic rings. The van der Waals surface area contributed by atoms with Gasteiger partial charge in [-0.25, -0.2) is 13.1 Å². The van der Waals surface area contributed by atoms with Crippen LogP contribution in [0.5, 0.6) is 5.75 Å². The summed E-state index contributed by atoms with van der Waals surface area (Å²) in [5, 5.41) is 0. The van der Waals surface area contributed by atoms with Crippen LogP contribution in [-0.4, -0.2) is 21.1 Å². The fraction of sp³-hybridized carbons (Fsp3) is 0.500. The van der Waals surface area contributed by atoms with Crippen molar-refractivity contribution in [1.29, 1.82) is 0 Å². The summed E-state index contributed by atoms with van der Waals surface area (Å²) in [4.78, 5) is 0.219. The van der Waals surface area contributed by atoms with Gasteiger partial charge >= 0.3 is 0 Å². The van der Waals surface area contributed by atoms with Crippen molar-refractivity contribution in [2.45, 2.75) is 37.6 Å². The number of hydrogen-bond acceptors (Lipinski definition) is 3. The zero-order chi connectivity index (χ0) is 14.0. The summed E-state index contributed by atoms with van der Waals surface area (Å²) >= 11 is 3.28. The van der Waals surface area contributed by atoms with Crippen molar-refractivity contribution in [1.82, 2.24) is 4.72 Å². The van der Waals surface area contributed by atoms with E-state index in [9.17, 15) is 8.42 Å². The molecule has 0 radical (unpaired) electrons. The SMILES string of the molecule is CCC(C)(C)NS(=O)(=O)c1ccc(OC)c(Br)c1. The van der Waals surface area contributed by atoms with Crippen LogP contribution in [0, 0.1) is 0 Å². The van der Waals surface area contributed by atoms with Gasteiger partial charge < -0.3 is 4.74 Å². The first-order valence-electron chi connectivity index (χ1n) is 5.59. The standard InChI is InChI=1S/C12H18BrNO3S/c1-5-12(2,3)14-18(15,16)9-6-7-11(17-4)10(13)8-9/h6-8,14H,5H2,1-4H3. The summed E-state index contributed by atoms with van der Waals surface area (Å²) in [6.45, 7) is 5.64. The average Bonchev–Trinajstić information content (AvgIpc) is 2.27. The van der Waals surface area contributed by atoms with Crippen molar-refractivity contribution in [2.75, 3.05) is 7.11 Å². The van der Waals surface area contributed by atoms with Gasteiger partial charge in [0, 0.05) is 5.54 Å². The van der Waals surface area contributed by atoms with Crippen LogP contribution in [0.25, 0.3) is 0 Å². The molecule has 0 saturated carbocycles. The molecule has 0 saturated heterocycles. The van der Waals surface area contributed by atoms with Crippen LogP contribution in [0.4, 0.5) is 0 Å². The van der Waals surface area contributed by atoms with E-state index in [1.807, 2.05) is 20.8 Å². The Bertz CT molecular complexity index is 526. The van der Waals surface area contributed by atoms with Gasteiger partial charge in [0.25, 0.3) is 0 Å². The van der Waals surface area contributed by atoms with Crippen LogP contribution < -0.4 is 9.46 Å². The maximum absolute atomic E-state index is 12.2. The lowest BCUT2D eigenvalue weighted by atomic mass is 10.0. The molecule has 0 heterocycles. The van der Waals surface area contributed by atoms with Crippen LogP contribution >= 0.6 is 15.9 Å². The molecule has 0 unspecified atom stereocenters. The van der Waals surface area contributed by atoms with Crippen molar-refractivity contribution in [3.05, 3.63) is 22.7 Å². The Morgan fingerprint density at radius 1 is 1.39 bits per heavy atom. The second-order valence-electron chi connectivity index (χ2n) is 4.64.